The average molecular weight is 499 g/mol. The van der Waals surface area contributed by atoms with Gasteiger partial charge < -0.3 is 15.4 Å². The Morgan fingerprint density at radius 2 is 1.00 bits per heavy atom. The first-order valence-corrected chi connectivity index (χ1v) is 11.7. The van der Waals surface area contributed by atoms with Gasteiger partial charge in [0.05, 0.1) is 0 Å². The van der Waals surface area contributed by atoms with E-state index in [0.29, 0.717) is 37.5 Å². The van der Waals surface area contributed by atoms with Crippen LogP contribution in [0.4, 0.5) is 0 Å². The van der Waals surface area contributed by atoms with Crippen LogP contribution in [0, 0.1) is 32.1 Å². The molecule has 13 nitrogen and oxygen atoms in total. The van der Waals surface area contributed by atoms with E-state index in [1.54, 1.807) is 0 Å². The van der Waals surface area contributed by atoms with Crippen molar-refractivity contribution in [3.63, 3.8) is 0 Å². The highest BCUT2D eigenvalue weighted by molar-refractivity contribution is 6.03. The number of nitrogens with one attached hydrogen (secondary N) is 2. The van der Waals surface area contributed by atoms with E-state index in [1.165, 1.54) is 0 Å². The molecule has 2 N–H and O–H groups in total. The van der Waals surface area contributed by atoms with E-state index < -0.39 is 45.3 Å². The zero-order valence-corrected chi connectivity index (χ0v) is 20.1. The molecule has 0 bridgehead atoms. The Morgan fingerprint density at radius 1 is 0.714 bits per heavy atom. The summed E-state index contributed by atoms with van der Waals surface area (Å²) in [5, 5.41) is 27.1. The highest BCUT2D eigenvalue weighted by Gasteiger charge is 2.38. The number of carbonyl (C=O) groups is 5. The zero-order valence-electron chi connectivity index (χ0n) is 20.1. The van der Waals surface area contributed by atoms with Crippen molar-refractivity contribution in [3.05, 3.63) is 20.2 Å². The summed E-state index contributed by atoms with van der Waals surface area (Å²) >= 11 is 0. The first kappa shape index (κ1) is 29.8. The van der Waals surface area contributed by atoms with Gasteiger partial charge in [-0.1, -0.05) is 0 Å². The van der Waals surface area contributed by atoms with Crippen LogP contribution in [0.5, 0.6) is 0 Å². The van der Waals surface area contributed by atoms with Crippen LogP contribution >= 0.6 is 0 Å². The quantitative estimate of drug-likeness (QED) is 0.251. The molecule has 2 unspecified atom stereocenters. The molecule has 2 amide bonds. The molecule has 0 aromatic heterocycles. The van der Waals surface area contributed by atoms with Crippen molar-refractivity contribution < 1.29 is 33.8 Å². The fourth-order valence-corrected chi connectivity index (χ4v) is 4.97. The molecule has 2 aliphatic rings. The van der Waals surface area contributed by atoms with Crippen LogP contribution in [-0.4, -0.2) is 64.2 Å². The Morgan fingerprint density at radius 3 is 1.23 bits per heavy atom. The highest BCUT2D eigenvalue weighted by atomic mass is 16.6. The summed E-state index contributed by atoms with van der Waals surface area (Å²) in [6.45, 7) is 4.07. The third kappa shape index (κ3) is 9.13. The molecule has 0 aromatic rings. The van der Waals surface area contributed by atoms with E-state index in [-0.39, 0.29) is 12.1 Å². The van der Waals surface area contributed by atoms with Crippen molar-refractivity contribution in [2.45, 2.75) is 95.8 Å². The van der Waals surface area contributed by atoms with Gasteiger partial charge in [0.15, 0.2) is 0 Å². The van der Waals surface area contributed by atoms with Crippen LogP contribution in [0.15, 0.2) is 0 Å². The Balaban J connectivity index is 0.00000298. The maximum absolute atomic E-state index is 12.1. The molecule has 0 spiro atoms. The number of rotatable bonds is 10. The monoisotopic (exact) mass is 498 g/mol. The number of hydrogen-bond acceptors (Lipinski definition) is 9. The predicted octanol–water partition coefficient (Wildman–Crippen LogP) is 1.01. The lowest BCUT2D eigenvalue weighted by molar-refractivity contribution is -0.493. The molecule has 2 aliphatic carbocycles. The molecule has 13 heteroatoms. The highest BCUT2D eigenvalue weighted by Crippen LogP contribution is 2.35. The van der Waals surface area contributed by atoms with Crippen molar-refractivity contribution in [1.82, 2.24) is 10.6 Å². The SMILES string of the molecule is C=O.CC(=O)C(C(=O)NC1CCC(CC2CCC(NC(=O)C(C(C)=O)[N+](=O)[O-])CC2)CC1)[N+](=O)[O-]. The molecular weight excluding hydrogens is 464 g/mol. The summed E-state index contributed by atoms with van der Waals surface area (Å²) in [6, 6.07) is -4.04. The second-order valence-electron chi connectivity index (χ2n) is 9.29. The normalized spacial score (nSPS) is 25.5. The number of hydrogen-bond donors (Lipinski definition) is 2. The van der Waals surface area contributed by atoms with Crippen LogP contribution in [0.25, 0.3) is 0 Å². The zero-order chi connectivity index (χ0) is 26.7. The van der Waals surface area contributed by atoms with E-state index in [1.807, 2.05) is 6.79 Å². The van der Waals surface area contributed by atoms with E-state index in [9.17, 15) is 39.4 Å². The largest absolute Gasteiger partial charge is 0.347 e. The van der Waals surface area contributed by atoms with Crippen LogP contribution in [0.3, 0.4) is 0 Å². The minimum atomic E-state index is -1.85. The molecule has 2 fully saturated rings. The summed E-state index contributed by atoms with van der Waals surface area (Å²) in [4.78, 5) is 74.9. The lowest BCUT2D eigenvalue weighted by Gasteiger charge is -2.34. The molecule has 0 heterocycles. The minimum Gasteiger partial charge on any atom is -0.347 e. The Hall–Kier alpha value is -3.25. The van der Waals surface area contributed by atoms with Gasteiger partial charge in [0.1, 0.15) is 6.79 Å². The third-order valence-corrected chi connectivity index (χ3v) is 6.74. The molecule has 196 valence electrons. The number of ketones is 2. The molecule has 0 radical (unpaired) electrons. The topological polar surface area (TPSA) is 196 Å². The smallest absolute Gasteiger partial charge is 0.346 e. The van der Waals surface area contributed by atoms with Crippen molar-refractivity contribution in [3.8, 4) is 0 Å². The second-order valence-corrected chi connectivity index (χ2v) is 9.29. The summed E-state index contributed by atoms with van der Waals surface area (Å²) < 4.78 is 0. The van der Waals surface area contributed by atoms with Gasteiger partial charge in [-0.05, 0) is 69.6 Å². The molecule has 0 saturated heterocycles. The van der Waals surface area contributed by atoms with Crippen LogP contribution in [0.1, 0.15) is 71.6 Å². The van der Waals surface area contributed by atoms with E-state index in [4.69, 9.17) is 4.79 Å². The van der Waals surface area contributed by atoms with E-state index in [0.717, 1.165) is 46.0 Å². The molecular formula is C22H34N4O9. The Bertz CT molecular complexity index is 711. The van der Waals surface area contributed by atoms with Gasteiger partial charge in [0.25, 0.3) is 0 Å². The summed E-state index contributed by atoms with van der Waals surface area (Å²) in [7, 11) is 0. The fourth-order valence-electron chi connectivity index (χ4n) is 4.97. The Kier molecular flexibility index (Phi) is 12.1. The number of amides is 2. The summed E-state index contributed by atoms with van der Waals surface area (Å²) in [6.07, 6.45) is 7.37. The van der Waals surface area contributed by atoms with Gasteiger partial charge in [-0.3, -0.25) is 39.4 Å². The predicted molar refractivity (Wildman–Crippen MR) is 122 cm³/mol. The fraction of sp³-hybridized carbons (Fsp3) is 0.773. The average Bonchev–Trinajstić information content (AvgIpc) is 2.76. The van der Waals surface area contributed by atoms with E-state index in [2.05, 4.69) is 10.6 Å². The first-order chi connectivity index (χ1) is 16.5. The van der Waals surface area contributed by atoms with Crippen molar-refractivity contribution in [1.29, 1.82) is 0 Å². The van der Waals surface area contributed by atoms with Gasteiger partial charge in [0, 0.05) is 35.8 Å². The van der Waals surface area contributed by atoms with Gasteiger partial charge in [-0.25, -0.2) is 0 Å². The number of nitro groups is 2. The number of nitrogens with zero attached hydrogens (tertiary/aromatic N) is 2. The first-order valence-electron chi connectivity index (χ1n) is 11.7. The van der Waals surface area contributed by atoms with Crippen LogP contribution < -0.4 is 10.6 Å². The molecule has 35 heavy (non-hydrogen) atoms. The standard InChI is InChI=1S/C21H32N4O8.CH2O/c1-12(26)18(24(30)31)20(28)22-16-7-3-14(4-8-16)11-15-5-9-17(10-6-15)23-21(29)19(13(2)27)25(32)33;1-2/h14-19H,3-11H2,1-2H3,(H,22,28)(H,23,29);1H2. The van der Waals surface area contributed by atoms with Crippen LogP contribution in [-0.2, 0) is 24.0 Å². The van der Waals surface area contributed by atoms with Crippen molar-refractivity contribution in [2.75, 3.05) is 0 Å². The lowest BCUT2D eigenvalue weighted by Crippen LogP contribution is -2.49. The summed E-state index contributed by atoms with van der Waals surface area (Å²) in [5.74, 6) is -2.31. The second kappa shape index (κ2) is 14.2. The Labute approximate surface area is 203 Å². The molecule has 0 aliphatic heterocycles. The van der Waals surface area contributed by atoms with Crippen molar-refractivity contribution in [2.24, 2.45) is 11.8 Å². The third-order valence-electron chi connectivity index (χ3n) is 6.74. The van der Waals surface area contributed by atoms with Crippen LogP contribution in [0.2, 0.25) is 0 Å². The van der Waals surface area contributed by atoms with Gasteiger partial charge in [-0.15, -0.1) is 0 Å². The number of carbonyl (C=O) groups excluding carboxylic acids is 5. The van der Waals surface area contributed by atoms with Gasteiger partial charge >= 0.3 is 23.9 Å². The molecule has 0 aromatic carbocycles. The number of Topliss-reactive ketones (excluding diaryl/α,β-unsaturated/α-hetero) is 2. The van der Waals surface area contributed by atoms with Gasteiger partial charge in [-0.2, -0.15) is 0 Å². The van der Waals surface area contributed by atoms with E-state index >= 15 is 0 Å². The maximum Gasteiger partial charge on any atom is 0.346 e. The maximum atomic E-state index is 12.1. The van der Waals surface area contributed by atoms with Crippen molar-refractivity contribution >= 4 is 30.2 Å². The van der Waals surface area contributed by atoms with Gasteiger partial charge in [0.2, 0.25) is 11.6 Å². The molecule has 2 rings (SSSR count). The lowest BCUT2D eigenvalue weighted by atomic mass is 9.75. The minimum absolute atomic E-state index is 0.169. The molecule has 2 atom stereocenters. The molecule has 2 saturated carbocycles. The summed E-state index contributed by atoms with van der Waals surface area (Å²) in [5.41, 5.74) is 0.